The van der Waals surface area contributed by atoms with Gasteiger partial charge in [0.15, 0.2) is 0 Å². The van der Waals surface area contributed by atoms with Gasteiger partial charge in [-0.25, -0.2) is 0 Å². The summed E-state index contributed by atoms with van der Waals surface area (Å²) < 4.78 is 0. The molecule has 0 bridgehead atoms. The van der Waals surface area contributed by atoms with Crippen LogP contribution >= 0.6 is 11.6 Å². The lowest BCUT2D eigenvalue weighted by Gasteiger charge is -2.54. The molecule has 0 atom stereocenters. The number of piperidine rings is 1. The predicted molar refractivity (Wildman–Crippen MR) is 95.5 cm³/mol. The number of nitrogens with two attached hydrogens (primary N) is 1. The van der Waals surface area contributed by atoms with Crippen molar-refractivity contribution >= 4 is 23.4 Å². The zero-order chi connectivity index (χ0) is 18.1. The molecule has 0 saturated carbocycles. The molecule has 24 heavy (non-hydrogen) atoms. The summed E-state index contributed by atoms with van der Waals surface area (Å²) in [6.07, 6.45) is 1.35. The third-order valence-corrected chi connectivity index (χ3v) is 4.75. The average Bonchev–Trinajstić information content (AvgIpc) is 2.43. The van der Waals surface area contributed by atoms with E-state index in [1.54, 1.807) is 17.0 Å². The first kappa shape index (κ1) is 18.7. The molecule has 2 amide bonds. The van der Waals surface area contributed by atoms with E-state index >= 15 is 0 Å². The molecule has 1 aliphatic rings. The second-order valence-corrected chi connectivity index (χ2v) is 8.18. The van der Waals surface area contributed by atoms with Crippen LogP contribution in [0.25, 0.3) is 0 Å². The first-order chi connectivity index (χ1) is 11.0. The van der Waals surface area contributed by atoms with Gasteiger partial charge in [0.25, 0.3) is 0 Å². The van der Waals surface area contributed by atoms with Gasteiger partial charge in [-0.15, -0.1) is 0 Å². The zero-order valence-corrected chi connectivity index (χ0v) is 15.5. The van der Waals surface area contributed by atoms with Gasteiger partial charge in [0, 0.05) is 28.7 Å². The van der Waals surface area contributed by atoms with E-state index in [2.05, 4.69) is 5.32 Å². The van der Waals surface area contributed by atoms with Crippen LogP contribution in [0.3, 0.4) is 0 Å². The molecular weight excluding hydrogens is 326 g/mol. The molecule has 0 aliphatic carbocycles. The van der Waals surface area contributed by atoms with Crippen LogP contribution in [0.2, 0.25) is 5.02 Å². The number of carbonyl (C=O) groups excluding carboxylic acids is 2. The van der Waals surface area contributed by atoms with E-state index in [1.165, 1.54) is 0 Å². The number of benzene rings is 1. The maximum absolute atomic E-state index is 12.8. The Morgan fingerprint density at radius 2 is 1.67 bits per heavy atom. The number of nitrogens with one attached hydrogen (secondary N) is 1. The highest BCUT2D eigenvalue weighted by Crippen LogP contribution is 2.37. The fourth-order valence-electron chi connectivity index (χ4n) is 3.87. The molecule has 6 heteroatoms. The molecule has 0 aromatic heterocycles. The van der Waals surface area contributed by atoms with Crippen LogP contribution in [-0.2, 0) is 16.1 Å². The summed E-state index contributed by atoms with van der Waals surface area (Å²) in [4.78, 5) is 26.8. The van der Waals surface area contributed by atoms with Crippen LogP contribution in [-0.4, -0.2) is 33.8 Å². The first-order valence-electron chi connectivity index (χ1n) is 8.15. The van der Waals surface area contributed by atoms with Gasteiger partial charge in [-0.2, -0.15) is 0 Å². The summed E-state index contributed by atoms with van der Waals surface area (Å²) in [5, 5.41) is 3.33. The second-order valence-electron chi connectivity index (χ2n) is 7.74. The monoisotopic (exact) mass is 351 g/mol. The second kappa shape index (κ2) is 6.73. The molecule has 1 aromatic carbocycles. The molecule has 1 fully saturated rings. The van der Waals surface area contributed by atoms with Crippen LogP contribution in [0, 0.1) is 0 Å². The lowest BCUT2D eigenvalue weighted by molar-refractivity contribution is -0.159. The number of rotatable bonds is 2. The van der Waals surface area contributed by atoms with E-state index in [-0.39, 0.29) is 12.6 Å². The Morgan fingerprint density at radius 3 is 2.17 bits per heavy atom. The molecule has 0 unspecified atom stereocenters. The zero-order valence-electron chi connectivity index (χ0n) is 14.7. The average molecular weight is 352 g/mol. The van der Waals surface area contributed by atoms with E-state index in [0.717, 1.165) is 5.56 Å². The predicted octanol–water partition coefficient (Wildman–Crippen LogP) is 2.46. The fourth-order valence-corrected chi connectivity index (χ4v) is 3.99. The summed E-state index contributed by atoms with van der Waals surface area (Å²) in [5.41, 5.74) is 6.09. The third kappa shape index (κ3) is 4.08. The van der Waals surface area contributed by atoms with Gasteiger partial charge in [0.05, 0.1) is 0 Å². The quantitative estimate of drug-likeness (QED) is 0.804. The van der Waals surface area contributed by atoms with Crippen molar-refractivity contribution in [2.45, 2.75) is 64.2 Å². The number of nitrogens with zero attached hydrogens (tertiary/aromatic N) is 1. The normalized spacial score (nSPS) is 19.8. The first-order valence-corrected chi connectivity index (χ1v) is 8.53. The number of hydrogen-bond acceptors (Lipinski definition) is 3. The number of carbonyl (C=O) groups is 2. The highest BCUT2D eigenvalue weighted by Gasteiger charge is 2.48. The summed E-state index contributed by atoms with van der Waals surface area (Å²) >= 11 is 5.84. The van der Waals surface area contributed by atoms with E-state index < -0.39 is 22.9 Å². The van der Waals surface area contributed by atoms with Crippen molar-refractivity contribution in [1.29, 1.82) is 0 Å². The molecule has 2 rings (SSSR count). The summed E-state index contributed by atoms with van der Waals surface area (Å²) in [6.45, 7) is 8.11. The van der Waals surface area contributed by atoms with E-state index in [9.17, 15) is 9.59 Å². The Hall–Kier alpha value is -1.59. The van der Waals surface area contributed by atoms with Crippen LogP contribution in [0.5, 0.6) is 0 Å². The van der Waals surface area contributed by atoms with Crippen LogP contribution in [0.1, 0.15) is 46.1 Å². The van der Waals surface area contributed by atoms with Crippen molar-refractivity contribution in [2.24, 2.45) is 5.73 Å². The topological polar surface area (TPSA) is 75.4 Å². The minimum atomic E-state index is -0.596. The number of halogens is 1. The standard InChI is InChI=1S/C18H26ClN3O2/c1-17(2)9-14(20)10-18(3,4)22(17)16(24)15(23)21-11-12-5-7-13(19)8-6-12/h5-8,14H,9-11,20H2,1-4H3,(H,21,23). The van der Waals surface area contributed by atoms with Crippen LogP contribution in [0.4, 0.5) is 0 Å². The Kier molecular flexibility index (Phi) is 5.25. The lowest BCUT2D eigenvalue weighted by atomic mass is 9.77. The van der Waals surface area contributed by atoms with Gasteiger partial charge >= 0.3 is 11.8 Å². The van der Waals surface area contributed by atoms with Crippen molar-refractivity contribution in [2.75, 3.05) is 0 Å². The fraction of sp³-hybridized carbons (Fsp3) is 0.556. The molecule has 132 valence electrons. The number of hydrogen-bond donors (Lipinski definition) is 2. The van der Waals surface area contributed by atoms with E-state index in [1.807, 2.05) is 39.8 Å². The molecule has 0 spiro atoms. The summed E-state index contributed by atoms with van der Waals surface area (Å²) in [7, 11) is 0. The smallest absolute Gasteiger partial charge is 0.312 e. The number of likely N-dealkylation sites (tertiary alicyclic amines) is 1. The van der Waals surface area contributed by atoms with Crippen molar-refractivity contribution in [3.8, 4) is 0 Å². The minimum Gasteiger partial charge on any atom is -0.344 e. The molecule has 1 aromatic rings. The molecule has 1 saturated heterocycles. The summed E-state index contributed by atoms with van der Waals surface area (Å²) in [6, 6.07) is 7.17. The minimum absolute atomic E-state index is 0.0242. The highest BCUT2D eigenvalue weighted by molar-refractivity contribution is 6.35. The molecule has 5 nitrogen and oxygen atoms in total. The summed E-state index contributed by atoms with van der Waals surface area (Å²) in [5.74, 6) is -1.10. The lowest BCUT2D eigenvalue weighted by Crippen LogP contribution is -2.67. The molecule has 1 heterocycles. The third-order valence-electron chi connectivity index (χ3n) is 4.50. The molecule has 3 N–H and O–H groups in total. The van der Waals surface area contributed by atoms with Gasteiger partial charge in [0.2, 0.25) is 0 Å². The Bertz CT molecular complexity index is 608. The van der Waals surface area contributed by atoms with Crippen molar-refractivity contribution in [3.63, 3.8) is 0 Å². The highest BCUT2D eigenvalue weighted by atomic mass is 35.5. The van der Waals surface area contributed by atoms with Gasteiger partial charge < -0.3 is 16.0 Å². The maximum atomic E-state index is 12.8. The van der Waals surface area contributed by atoms with Crippen molar-refractivity contribution in [3.05, 3.63) is 34.9 Å². The molecular formula is C18H26ClN3O2. The van der Waals surface area contributed by atoms with E-state index in [4.69, 9.17) is 17.3 Å². The van der Waals surface area contributed by atoms with E-state index in [0.29, 0.717) is 17.9 Å². The molecule has 1 aliphatic heterocycles. The SMILES string of the molecule is CC1(C)CC(N)CC(C)(C)N1C(=O)C(=O)NCc1ccc(Cl)cc1. The van der Waals surface area contributed by atoms with Crippen LogP contribution in [0.15, 0.2) is 24.3 Å². The Balaban J connectivity index is 2.08. The van der Waals surface area contributed by atoms with Crippen molar-refractivity contribution in [1.82, 2.24) is 10.2 Å². The van der Waals surface area contributed by atoms with Crippen LogP contribution < -0.4 is 11.1 Å². The maximum Gasteiger partial charge on any atom is 0.312 e. The Morgan fingerprint density at radius 1 is 1.17 bits per heavy atom. The Labute approximate surface area is 148 Å². The van der Waals surface area contributed by atoms with Gasteiger partial charge in [-0.3, -0.25) is 9.59 Å². The van der Waals surface area contributed by atoms with Gasteiger partial charge in [-0.05, 0) is 58.2 Å². The number of amides is 2. The van der Waals surface area contributed by atoms with Gasteiger partial charge in [-0.1, -0.05) is 23.7 Å². The van der Waals surface area contributed by atoms with Gasteiger partial charge in [0.1, 0.15) is 0 Å². The molecule has 0 radical (unpaired) electrons. The largest absolute Gasteiger partial charge is 0.344 e. The van der Waals surface area contributed by atoms with Crippen molar-refractivity contribution < 1.29 is 9.59 Å².